The zero-order valence-corrected chi connectivity index (χ0v) is 12.5. The normalized spacial score (nSPS) is 28.3. The van der Waals surface area contributed by atoms with E-state index in [1.54, 1.807) is 11.3 Å². The summed E-state index contributed by atoms with van der Waals surface area (Å²) in [6.45, 7) is 2.11. The van der Waals surface area contributed by atoms with Crippen molar-refractivity contribution in [3.8, 4) is 10.6 Å². The highest BCUT2D eigenvalue weighted by Gasteiger charge is 2.38. The predicted octanol–water partition coefficient (Wildman–Crippen LogP) is 3.66. The molecule has 2 aromatic heterocycles. The van der Waals surface area contributed by atoms with Crippen LogP contribution in [0.3, 0.4) is 0 Å². The SMILES string of the molecule is c1csc(-c2[nH]ncc2CNCC2CC3CCC2C3)c1. The maximum atomic E-state index is 4.21. The number of hydrogen-bond donors (Lipinski definition) is 2. The van der Waals surface area contributed by atoms with E-state index in [0.717, 1.165) is 24.3 Å². The van der Waals surface area contributed by atoms with Gasteiger partial charge in [-0.15, -0.1) is 11.3 Å². The van der Waals surface area contributed by atoms with Crippen LogP contribution >= 0.6 is 11.3 Å². The van der Waals surface area contributed by atoms with Crippen molar-refractivity contribution in [3.63, 3.8) is 0 Å². The molecule has 2 fully saturated rings. The van der Waals surface area contributed by atoms with E-state index in [1.165, 1.54) is 48.4 Å². The summed E-state index contributed by atoms with van der Waals surface area (Å²) in [6.07, 6.45) is 7.89. The van der Waals surface area contributed by atoms with Crippen LogP contribution in [-0.4, -0.2) is 16.7 Å². The maximum absolute atomic E-state index is 4.21. The smallest absolute Gasteiger partial charge is 0.0794 e. The zero-order valence-electron chi connectivity index (χ0n) is 11.6. The second-order valence-corrected chi connectivity index (χ2v) is 7.26. The first-order valence-corrected chi connectivity index (χ1v) is 8.55. The Hall–Kier alpha value is -1.13. The molecule has 3 unspecified atom stereocenters. The number of rotatable bonds is 5. The van der Waals surface area contributed by atoms with Gasteiger partial charge >= 0.3 is 0 Å². The van der Waals surface area contributed by atoms with Crippen molar-refractivity contribution in [3.05, 3.63) is 29.3 Å². The fourth-order valence-corrected chi connectivity index (χ4v) is 4.85. The van der Waals surface area contributed by atoms with E-state index in [-0.39, 0.29) is 0 Å². The quantitative estimate of drug-likeness (QED) is 0.881. The molecule has 2 aliphatic rings. The summed E-state index contributed by atoms with van der Waals surface area (Å²) in [5.41, 5.74) is 2.47. The van der Waals surface area contributed by atoms with Gasteiger partial charge in [0.05, 0.1) is 16.8 Å². The van der Waals surface area contributed by atoms with Crippen molar-refractivity contribution < 1.29 is 0 Å². The molecule has 3 atom stereocenters. The van der Waals surface area contributed by atoms with Crippen molar-refractivity contribution >= 4 is 11.3 Å². The Morgan fingerprint density at radius 3 is 3.10 bits per heavy atom. The molecule has 0 radical (unpaired) electrons. The molecule has 4 rings (SSSR count). The van der Waals surface area contributed by atoms with E-state index in [2.05, 4.69) is 33.0 Å². The Kier molecular flexibility index (Phi) is 3.36. The number of aromatic amines is 1. The van der Waals surface area contributed by atoms with E-state index in [4.69, 9.17) is 0 Å². The fourth-order valence-electron chi connectivity index (χ4n) is 4.10. The molecular formula is C16H21N3S. The number of hydrogen-bond acceptors (Lipinski definition) is 3. The van der Waals surface area contributed by atoms with Crippen LogP contribution in [0, 0.1) is 17.8 Å². The summed E-state index contributed by atoms with van der Waals surface area (Å²) in [5, 5.41) is 13.1. The van der Waals surface area contributed by atoms with Crippen LogP contribution in [0.2, 0.25) is 0 Å². The Bertz CT molecular complexity index is 560. The molecule has 4 heteroatoms. The molecule has 2 bridgehead atoms. The first-order chi connectivity index (χ1) is 9.90. The molecule has 2 aliphatic carbocycles. The van der Waals surface area contributed by atoms with Crippen LogP contribution in [0.15, 0.2) is 23.7 Å². The molecule has 2 heterocycles. The van der Waals surface area contributed by atoms with Gasteiger partial charge in [0, 0.05) is 12.1 Å². The van der Waals surface area contributed by atoms with Crippen molar-refractivity contribution in [2.24, 2.45) is 17.8 Å². The fraction of sp³-hybridized carbons (Fsp3) is 0.562. The van der Waals surface area contributed by atoms with E-state index < -0.39 is 0 Å². The van der Waals surface area contributed by atoms with E-state index in [9.17, 15) is 0 Å². The van der Waals surface area contributed by atoms with Gasteiger partial charge in [0.25, 0.3) is 0 Å². The molecule has 2 saturated carbocycles. The zero-order chi connectivity index (χ0) is 13.4. The number of H-pyrrole nitrogens is 1. The first kappa shape index (κ1) is 12.6. The predicted molar refractivity (Wildman–Crippen MR) is 82.5 cm³/mol. The second-order valence-electron chi connectivity index (χ2n) is 6.31. The molecule has 20 heavy (non-hydrogen) atoms. The molecule has 0 spiro atoms. The first-order valence-electron chi connectivity index (χ1n) is 7.67. The molecule has 2 aromatic rings. The Morgan fingerprint density at radius 1 is 1.35 bits per heavy atom. The molecule has 0 saturated heterocycles. The van der Waals surface area contributed by atoms with Crippen LogP contribution in [0.25, 0.3) is 10.6 Å². The third kappa shape index (κ3) is 2.31. The summed E-state index contributed by atoms with van der Waals surface area (Å²) in [7, 11) is 0. The van der Waals surface area contributed by atoms with Crippen molar-refractivity contribution in [2.75, 3.05) is 6.54 Å². The summed E-state index contributed by atoms with van der Waals surface area (Å²) in [4.78, 5) is 1.28. The Morgan fingerprint density at radius 2 is 2.35 bits per heavy atom. The number of aromatic nitrogens is 2. The summed E-state index contributed by atoms with van der Waals surface area (Å²) >= 11 is 1.76. The van der Waals surface area contributed by atoms with Gasteiger partial charge in [0.1, 0.15) is 0 Å². The molecule has 2 N–H and O–H groups in total. The van der Waals surface area contributed by atoms with Gasteiger partial charge in [0.15, 0.2) is 0 Å². The monoisotopic (exact) mass is 287 g/mol. The summed E-state index contributed by atoms with van der Waals surface area (Å²) in [5.74, 6) is 2.97. The summed E-state index contributed by atoms with van der Waals surface area (Å²) < 4.78 is 0. The van der Waals surface area contributed by atoms with Crippen molar-refractivity contribution in [1.82, 2.24) is 15.5 Å². The van der Waals surface area contributed by atoms with Gasteiger partial charge in [-0.1, -0.05) is 12.5 Å². The minimum Gasteiger partial charge on any atom is -0.312 e. The van der Waals surface area contributed by atoms with Gasteiger partial charge in [-0.2, -0.15) is 5.10 Å². The number of fused-ring (bicyclic) bond motifs is 2. The number of nitrogens with zero attached hydrogens (tertiary/aromatic N) is 1. The van der Waals surface area contributed by atoms with Crippen LogP contribution < -0.4 is 5.32 Å². The molecule has 106 valence electrons. The number of nitrogens with one attached hydrogen (secondary N) is 2. The molecule has 0 aliphatic heterocycles. The van der Waals surface area contributed by atoms with Crippen LogP contribution in [0.4, 0.5) is 0 Å². The average molecular weight is 287 g/mol. The topological polar surface area (TPSA) is 40.7 Å². The van der Waals surface area contributed by atoms with Gasteiger partial charge in [-0.3, -0.25) is 5.10 Å². The minimum absolute atomic E-state index is 0.922. The van der Waals surface area contributed by atoms with Crippen molar-refractivity contribution in [1.29, 1.82) is 0 Å². The van der Waals surface area contributed by atoms with E-state index >= 15 is 0 Å². The van der Waals surface area contributed by atoms with Gasteiger partial charge in [0.2, 0.25) is 0 Å². The third-order valence-corrected chi connectivity index (χ3v) is 5.98. The average Bonchev–Trinajstić information content (AvgIpc) is 3.23. The molecular weight excluding hydrogens is 266 g/mol. The number of thiophene rings is 1. The summed E-state index contributed by atoms with van der Waals surface area (Å²) in [6, 6.07) is 4.24. The standard InChI is InChI=1S/C16H21N3S/c1-2-15(20-5-1)16-14(10-18-19-16)9-17-8-13-7-11-3-4-12(13)6-11/h1-2,5,10-13,17H,3-4,6-9H2,(H,18,19). The van der Waals surface area contributed by atoms with Crippen LogP contribution in [-0.2, 0) is 6.54 Å². The highest BCUT2D eigenvalue weighted by molar-refractivity contribution is 7.13. The third-order valence-electron chi connectivity index (χ3n) is 5.09. The highest BCUT2D eigenvalue weighted by atomic mass is 32.1. The highest BCUT2D eigenvalue weighted by Crippen LogP contribution is 2.47. The molecule has 0 aromatic carbocycles. The van der Waals surface area contributed by atoms with E-state index in [0.29, 0.717) is 0 Å². The lowest BCUT2D eigenvalue weighted by molar-refractivity contribution is 0.318. The van der Waals surface area contributed by atoms with E-state index in [1.807, 2.05) is 6.20 Å². The van der Waals surface area contributed by atoms with Gasteiger partial charge in [-0.05, 0) is 55.0 Å². The lowest BCUT2D eigenvalue weighted by Crippen LogP contribution is -2.26. The lowest BCUT2D eigenvalue weighted by Gasteiger charge is -2.21. The van der Waals surface area contributed by atoms with Gasteiger partial charge < -0.3 is 5.32 Å². The van der Waals surface area contributed by atoms with Crippen LogP contribution in [0.5, 0.6) is 0 Å². The van der Waals surface area contributed by atoms with Crippen LogP contribution in [0.1, 0.15) is 31.2 Å². The molecule has 3 nitrogen and oxygen atoms in total. The minimum atomic E-state index is 0.922. The van der Waals surface area contributed by atoms with Crippen molar-refractivity contribution in [2.45, 2.75) is 32.2 Å². The second kappa shape index (κ2) is 5.34. The lowest BCUT2D eigenvalue weighted by atomic mass is 9.89. The maximum Gasteiger partial charge on any atom is 0.0794 e. The largest absolute Gasteiger partial charge is 0.312 e. The van der Waals surface area contributed by atoms with Gasteiger partial charge in [-0.25, -0.2) is 0 Å². The Labute approximate surface area is 123 Å². The molecule has 0 amide bonds. The Balaban J connectivity index is 1.35.